The average molecular weight is 661 g/mol. The number of fused-ring (bicyclic) bond motifs is 3. The summed E-state index contributed by atoms with van der Waals surface area (Å²) in [6.07, 6.45) is 1.83. The van der Waals surface area contributed by atoms with Crippen LogP contribution in [-0.4, -0.2) is 24.7 Å². The van der Waals surface area contributed by atoms with E-state index in [1.165, 1.54) is 0 Å². The van der Waals surface area contributed by atoms with E-state index < -0.39 is 0 Å². The van der Waals surface area contributed by atoms with Crippen LogP contribution in [0.3, 0.4) is 0 Å². The molecule has 11 heteroatoms. The summed E-state index contributed by atoms with van der Waals surface area (Å²) < 4.78 is 8.43. The number of benzene rings is 3. The van der Waals surface area contributed by atoms with Crippen LogP contribution in [0.25, 0.3) is 50.3 Å². The first-order valence-electron chi connectivity index (χ1n) is 15.7. The summed E-state index contributed by atoms with van der Waals surface area (Å²) in [5, 5.41) is 58.3. The van der Waals surface area contributed by atoms with E-state index in [2.05, 4.69) is 58.7 Å². The fourth-order valence-electron chi connectivity index (χ4n) is 6.16. The Kier molecular flexibility index (Phi) is 7.70. The van der Waals surface area contributed by atoms with Gasteiger partial charge in [-0.3, -0.25) is 9.67 Å². The number of nitriles is 5. The van der Waals surface area contributed by atoms with Crippen LogP contribution in [0.4, 0.5) is 0 Å². The second-order valence-corrected chi connectivity index (χ2v) is 12.6. The number of hydrogen-bond donors (Lipinski definition) is 1. The maximum absolute atomic E-state index is 9.95. The quantitative estimate of drug-likeness (QED) is 0.190. The summed E-state index contributed by atoms with van der Waals surface area (Å²) in [6.45, 7) is 6.51. The van der Waals surface area contributed by atoms with E-state index in [1.807, 2.05) is 66.9 Å². The van der Waals surface area contributed by atoms with Gasteiger partial charge in [0.05, 0.1) is 55.9 Å². The third-order valence-electron chi connectivity index (χ3n) is 8.60. The van der Waals surface area contributed by atoms with Crippen molar-refractivity contribution in [1.82, 2.24) is 24.7 Å². The van der Waals surface area contributed by atoms with E-state index in [0.29, 0.717) is 23.0 Å². The standard InChI is InChI=1S/C40H24N10O/c1-40(2,3)23-13-14-46-37(15-23)50-35-9-5-4-7-25(35)26-12-11-24(16-36(26)50)51-38-10-6-8-32(47-38)33-17-34(49-48-33)39-30(21-44)28(19-42)27(18-41)29(20-43)31(39)22-45/h4-17H,1-3H3,(H,48,49). The molecule has 0 spiro atoms. The van der Waals surface area contributed by atoms with Gasteiger partial charge in [-0.2, -0.15) is 31.4 Å². The lowest BCUT2D eigenvalue weighted by Gasteiger charge is -2.20. The molecule has 7 rings (SSSR count). The molecule has 51 heavy (non-hydrogen) atoms. The van der Waals surface area contributed by atoms with Gasteiger partial charge in [-0.05, 0) is 53.4 Å². The zero-order chi connectivity index (χ0) is 35.9. The molecule has 7 aromatic rings. The average Bonchev–Trinajstić information content (AvgIpc) is 3.76. The van der Waals surface area contributed by atoms with Crippen LogP contribution < -0.4 is 4.74 Å². The van der Waals surface area contributed by atoms with Gasteiger partial charge in [-0.1, -0.05) is 45.0 Å². The minimum atomic E-state index is -0.327. The minimum absolute atomic E-state index is 0.0202. The molecule has 0 bridgehead atoms. The van der Waals surface area contributed by atoms with E-state index >= 15 is 0 Å². The van der Waals surface area contributed by atoms with Crippen molar-refractivity contribution in [2.75, 3.05) is 0 Å². The Morgan fingerprint density at radius 2 is 1.33 bits per heavy atom. The highest BCUT2D eigenvalue weighted by molar-refractivity contribution is 6.09. The fourth-order valence-corrected chi connectivity index (χ4v) is 6.16. The molecule has 0 atom stereocenters. The molecule has 0 saturated heterocycles. The third-order valence-corrected chi connectivity index (χ3v) is 8.60. The Morgan fingerprint density at radius 1 is 0.667 bits per heavy atom. The molecule has 0 aliphatic carbocycles. The lowest BCUT2D eigenvalue weighted by atomic mass is 9.87. The summed E-state index contributed by atoms with van der Waals surface area (Å²) in [5.41, 5.74) is 2.65. The Hall–Kier alpha value is -7.78. The SMILES string of the molecule is CC(C)(C)c1ccnc(-n2c3ccccc3c3ccc(Oc4cccc(-c5cc(-c6c(C#N)c(C#N)c(C#N)c(C#N)c6C#N)n[nH]5)n4)cc32)c1. The maximum Gasteiger partial charge on any atom is 0.219 e. The molecule has 0 amide bonds. The summed E-state index contributed by atoms with van der Waals surface area (Å²) in [5.74, 6) is 1.65. The van der Waals surface area contributed by atoms with Crippen molar-refractivity contribution >= 4 is 21.8 Å². The first-order chi connectivity index (χ1) is 24.7. The van der Waals surface area contributed by atoms with Gasteiger partial charge in [0.2, 0.25) is 5.88 Å². The molecule has 0 aliphatic heterocycles. The van der Waals surface area contributed by atoms with Crippen LogP contribution in [0.15, 0.2) is 85.1 Å². The van der Waals surface area contributed by atoms with Crippen LogP contribution in [-0.2, 0) is 5.41 Å². The van der Waals surface area contributed by atoms with Crippen LogP contribution in [0.5, 0.6) is 11.6 Å². The maximum atomic E-state index is 9.95. The first kappa shape index (κ1) is 31.8. The van der Waals surface area contributed by atoms with Crippen molar-refractivity contribution in [1.29, 1.82) is 26.3 Å². The second kappa shape index (κ2) is 12.3. The second-order valence-electron chi connectivity index (χ2n) is 12.6. The van der Waals surface area contributed by atoms with Gasteiger partial charge in [0.1, 0.15) is 41.9 Å². The molecule has 11 nitrogen and oxygen atoms in total. The number of ether oxygens (including phenoxy) is 1. The molecular formula is C40H24N10O. The molecule has 240 valence electrons. The summed E-state index contributed by atoms with van der Waals surface area (Å²) >= 11 is 0. The molecular weight excluding hydrogens is 637 g/mol. The number of aromatic amines is 1. The summed E-state index contributed by atoms with van der Waals surface area (Å²) in [4.78, 5) is 9.42. The zero-order valence-corrected chi connectivity index (χ0v) is 27.5. The normalized spacial score (nSPS) is 10.9. The van der Waals surface area contributed by atoms with Gasteiger partial charge in [-0.25, -0.2) is 9.97 Å². The van der Waals surface area contributed by atoms with Crippen LogP contribution >= 0.6 is 0 Å². The number of hydrogen-bond acceptors (Lipinski definition) is 9. The van der Waals surface area contributed by atoms with Gasteiger partial charge in [0.15, 0.2) is 0 Å². The Labute approximate surface area is 292 Å². The van der Waals surface area contributed by atoms with Crippen molar-refractivity contribution in [2.24, 2.45) is 0 Å². The van der Waals surface area contributed by atoms with Crippen LogP contribution in [0, 0.1) is 56.7 Å². The number of nitrogens with zero attached hydrogens (tertiary/aromatic N) is 9. The molecule has 0 fully saturated rings. The van der Waals surface area contributed by atoms with E-state index in [0.717, 1.165) is 33.2 Å². The molecule has 0 unspecified atom stereocenters. The number of pyridine rings is 2. The summed E-state index contributed by atoms with van der Waals surface area (Å²) in [7, 11) is 0. The van der Waals surface area contributed by atoms with Crippen molar-refractivity contribution in [2.45, 2.75) is 26.2 Å². The smallest absolute Gasteiger partial charge is 0.219 e. The van der Waals surface area contributed by atoms with Gasteiger partial charge < -0.3 is 4.74 Å². The number of nitrogens with one attached hydrogen (secondary N) is 1. The van der Waals surface area contributed by atoms with Crippen molar-refractivity contribution in [3.05, 3.63) is 118 Å². The first-order valence-corrected chi connectivity index (χ1v) is 15.7. The highest BCUT2D eigenvalue weighted by Crippen LogP contribution is 2.37. The largest absolute Gasteiger partial charge is 0.439 e. The lowest BCUT2D eigenvalue weighted by molar-refractivity contribution is 0.464. The van der Waals surface area contributed by atoms with E-state index in [4.69, 9.17) is 9.72 Å². The molecule has 3 aromatic carbocycles. The Morgan fingerprint density at radius 3 is 2.02 bits per heavy atom. The predicted octanol–water partition coefficient (Wildman–Crippen LogP) is 8.08. The van der Waals surface area contributed by atoms with Crippen LogP contribution in [0.1, 0.15) is 54.2 Å². The van der Waals surface area contributed by atoms with Gasteiger partial charge >= 0.3 is 0 Å². The lowest BCUT2D eigenvalue weighted by Crippen LogP contribution is -2.12. The zero-order valence-electron chi connectivity index (χ0n) is 27.5. The van der Waals surface area contributed by atoms with Gasteiger partial charge in [0, 0.05) is 34.7 Å². The predicted molar refractivity (Wildman–Crippen MR) is 188 cm³/mol. The highest BCUT2D eigenvalue weighted by Gasteiger charge is 2.27. The van der Waals surface area contributed by atoms with Crippen LogP contribution in [0.2, 0.25) is 0 Å². The molecule has 4 heterocycles. The fraction of sp³-hybridized carbons (Fsp3) is 0.100. The summed E-state index contributed by atoms with van der Waals surface area (Å²) in [6, 6.07) is 34.2. The molecule has 0 saturated carbocycles. The number of aromatic nitrogens is 5. The van der Waals surface area contributed by atoms with E-state index in [9.17, 15) is 26.3 Å². The Bertz CT molecular complexity index is 2730. The van der Waals surface area contributed by atoms with Crippen molar-refractivity contribution < 1.29 is 4.74 Å². The molecule has 0 aliphatic rings. The number of para-hydroxylation sites is 1. The highest BCUT2D eigenvalue weighted by atomic mass is 16.5. The molecule has 0 radical (unpaired) electrons. The number of H-pyrrole nitrogens is 1. The number of rotatable bonds is 5. The monoisotopic (exact) mass is 660 g/mol. The van der Waals surface area contributed by atoms with Gasteiger partial charge in [-0.15, -0.1) is 0 Å². The Balaban J connectivity index is 1.28. The van der Waals surface area contributed by atoms with E-state index in [1.54, 1.807) is 30.3 Å². The molecule has 1 N–H and O–H groups in total. The van der Waals surface area contributed by atoms with E-state index in [-0.39, 0.29) is 44.5 Å². The van der Waals surface area contributed by atoms with Crippen molar-refractivity contribution in [3.8, 4) is 70.4 Å². The minimum Gasteiger partial charge on any atom is -0.439 e. The van der Waals surface area contributed by atoms with Gasteiger partial charge in [0.25, 0.3) is 0 Å². The molecule has 4 aromatic heterocycles. The third kappa shape index (κ3) is 5.33. The topological polar surface area (TPSA) is 188 Å². The van der Waals surface area contributed by atoms with Crippen molar-refractivity contribution in [3.63, 3.8) is 0 Å².